The van der Waals surface area contributed by atoms with Crippen LogP contribution < -0.4 is 5.32 Å². The Balaban J connectivity index is 2.74. The third-order valence-corrected chi connectivity index (χ3v) is 2.96. The summed E-state index contributed by atoms with van der Waals surface area (Å²) in [4.78, 5) is 4.38. The highest BCUT2D eigenvalue weighted by Crippen LogP contribution is 2.21. The Hall–Kier alpha value is -0.860. The molecular weight excluding hydrogens is 232 g/mol. The fraction of sp³-hybridized carbons (Fsp3) is 0.500. The van der Waals surface area contributed by atoms with Crippen LogP contribution in [0, 0.1) is 0 Å². The van der Waals surface area contributed by atoms with Gasteiger partial charge in [-0.3, -0.25) is 4.98 Å². The molecule has 1 aromatic rings. The van der Waals surface area contributed by atoms with Gasteiger partial charge in [-0.2, -0.15) is 0 Å². The van der Waals surface area contributed by atoms with Crippen molar-refractivity contribution in [3.8, 4) is 0 Å². The van der Waals surface area contributed by atoms with E-state index in [0.29, 0.717) is 5.02 Å². The summed E-state index contributed by atoms with van der Waals surface area (Å²) in [6.07, 6.45) is 4.76. The van der Waals surface area contributed by atoms with Crippen LogP contribution in [-0.4, -0.2) is 11.5 Å². The predicted octanol–water partition coefficient (Wildman–Crippen LogP) is 4.13. The molecule has 1 N–H and O–H groups in total. The van der Waals surface area contributed by atoms with Crippen LogP contribution in [-0.2, 0) is 0 Å². The topological polar surface area (TPSA) is 24.9 Å². The molecule has 0 radical (unpaired) electrons. The Kier molecular flexibility index (Phi) is 6.23. The molecule has 0 bridgehead atoms. The van der Waals surface area contributed by atoms with Crippen molar-refractivity contribution in [1.29, 1.82) is 0 Å². The molecule has 0 amide bonds. The van der Waals surface area contributed by atoms with E-state index in [1.54, 1.807) is 6.20 Å². The highest BCUT2D eigenvalue weighted by molar-refractivity contribution is 6.30. The first-order valence-corrected chi connectivity index (χ1v) is 6.56. The largest absolute Gasteiger partial charge is 0.308 e. The van der Waals surface area contributed by atoms with Gasteiger partial charge in [0.1, 0.15) is 0 Å². The molecule has 1 heterocycles. The fourth-order valence-corrected chi connectivity index (χ4v) is 1.74. The maximum absolute atomic E-state index is 5.85. The lowest BCUT2D eigenvalue weighted by Crippen LogP contribution is -2.23. The second kappa shape index (κ2) is 7.46. The highest BCUT2D eigenvalue weighted by Gasteiger charge is 2.12. The van der Waals surface area contributed by atoms with Gasteiger partial charge in [0.15, 0.2) is 0 Å². The smallest absolute Gasteiger partial charge is 0.0589 e. The van der Waals surface area contributed by atoms with Gasteiger partial charge in [-0.25, -0.2) is 0 Å². The van der Waals surface area contributed by atoms with E-state index >= 15 is 0 Å². The monoisotopic (exact) mass is 252 g/mol. The Morgan fingerprint density at radius 3 is 2.76 bits per heavy atom. The van der Waals surface area contributed by atoms with Gasteiger partial charge in [-0.15, -0.1) is 0 Å². The number of hydrogen-bond acceptors (Lipinski definition) is 2. The molecule has 1 aromatic heterocycles. The van der Waals surface area contributed by atoms with E-state index in [1.165, 1.54) is 5.57 Å². The molecule has 0 fully saturated rings. The van der Waals surface area contributed by atoms with Crippen molar-refractivity contribution in [2.75, 3.05) is 6.54 Å². The normalized spacial score (nSPS) is 12.4. The third-order valence-electron chi connectivity index (χ3n) is 2.74. The molecule has 94 valence electrons. The van der Waals surface area contributed by atoms with Crippen LogP contribution in [0.15, 0.2) is 30.5 Å². The summed E-state index contributed by atoms with van der Waals surface area (Å²) in [6, 6.07) is 4.12. The van der Waals surface area contributed by atoms with E-state index in [1.807, 2.05) is 12.1 Å². The Morgan fingerprint density at radius 2 is 2.24 bits per heavy atom. The summed E-state index contributed by atoms with van der Waals surface area (Å²) in [5.74, 6) is 0. The zero-order chi connectivity index (χ0) is 12.7. The van der Waals surface area contributed by atoms with Crippen molar-refractivity contribution >= 4 is 11.6 Å². The number of nitrogens with one attached hydrogen (secondary N) is 1. The predicted molar refractivity (Wildman–Crippen MR) is 74.3 cm³/mol. The maximum Gasteiger partial charge on any atom is 0.0589 e. The molecule has 3 heteroatoms. The van der Waals surface area contributed by atoms with E-state index in [2.05, 4.69) is 30.7 Å². The Morgan fingerprint density at radius 1 is 1.47 bits per heavy atom. The van der Waals surface area contributed by atoms with Crippen molar-refractivity contribution in [2.24, 2.45) is 0 Å². The summed E-state index contributed by atoms with van der Waals surface area (Å²) in [5, 5.41) is 4.18. The fourth-order valence-electron chi connectivity index (χ4n) is 1.63. The lowest BCUT2D eigenvalue weighted by molar-refractivity contribution is 0.512. The number of nitrogens with zero attached hydrogens (tertiary/aromatic N) is 1. The second-order valence-electron chi connectivity index (χ2n) is 4.22. The Bertz CT molecular complexity index is 346. The minimum Gasteiger partial charge on any atom is -0.308 e. The third kappa shape index (κ3) is 4.88. The molecule has 1 rings (SSSR count). The van der Waals surface area contributed by atoms with E-state index in [-0.39, 0.29) is 6.04 Å². The lowest BCUT2D eigenvalue weighted by atomic mass is 10.0. The average molecular weight is 253 g/mol. The zero-order valence-electron chi connectivity index (χ0n) is 10.7. The number of halogens is 1. The first-order chi connectivity index (χ1) is 8.17. The van der Waals surface area contributed by atoms with Gasteiger partial charge in [0, 0.05) is 6.20 Å². The van der Waals surface area contributed by atoms with Crippen LogP contribution in [0.2, 0.25) is 5.02 Å². The van der Waals surface area contributed by atoms with Crippen molar-refractivity contribution in [3.63, 3.8) is 0 Å². The standard InChI is InChI=1S/C14H21ClN2/c1-4-8-16-14(9-11(3)5-2)13-7-6-12(15)10-17-13/h6-7,10,14,16H,3-5,8-9H2,1-2H3. The molecule has 0 aromatic carbocycles. The molecule has 0 spiro atoms. The zero-order valence-corrected chi connectivity index (χ0v) is 11.4. The molecule has 0 aliphatic heterocycles. The number of pyridine rings is 1. The van der Waals surface area contributed by atoms with Gasteiger partial charge >= 0.3 is 0 Å². The quantitative estimate of drug-likeness (QED) is 0.738. The van der Waals surface area contributed by atoms with Crippen LogP contribution in [0.4, 0.5) is 0 Å². The average Bonchev–Trinajstić information content (AvgIpc) is 2.35. The van der Waals surface area contributed by atoms with Crippen LogP contribution in [0.1, 0.15) is 44.8 Å². The van der Waals surface area contributed by atoms with E-state index in [9.17, 15) is 0 Å². The number of aromatic nitrogens is 1. The molecular formula is C14H21ClN2. The summed E-state index contributed by atoms with van der Waals surface area (Å²) in [7, 11) is 0. The van der Waals surface area contributed by atoms with Crippen LogP contribution in [0.5, 0.6) is 0 Å². The summed E-state index contributed by atoms with van der Waals surface area (Å²) < 4.78 is 0. The van der Waals surface area contributed by atoms with Gasteiger partial charge < -0.3 is 5.32 Å². The minimum absolute atomic E-state index is 0.250. The molecule has 1 atom stereocenters. The van der Waals surface area contributed by atoms with Gasteiger partial charge in [-0.1, -0.05) is 37.6 Å². The van der Waals surface area contributed by atoms with Gasteiger partial charge in [0.25, 0.3) is 0 Å². The first kappa shape index (κ1) is 14.2. The molecule has 2 nitrogen and oxygen atoms in total. The van der Waals surface area contributed by atoms with Crippen molar-refractivity contribution in [1.82, 2.24) is 10.3 Å². The number of hydrogen-bond donors (Lipinski definition) is 1. The second-order valence-corrected chi connectivity index (χ2v) is 4.65. The van der Waals surface area contributed by atoms with Crippen molar-refractivity contribution in [3.05, 3.63) is 41.2 Å². The molecule has 0 saturated heterocycles. The highest BCUT2D eigenvalue weighted by atomic mass is 35.5. The molecule has 0 aliphatic carbocycles. The lowest BCUT2D eigenvalue weighted by Gasteiger charge is -2.18. The summed E-state index contributed by atoms with van der Waals surface area (Å²) in [6.45, 7) is 9.36. The van der Waals surface area contributed by atoms with E-state index in [4.69, 9.17) is 11.6 Å². The summed E-state index contributed by atoms with van der Waals surface area (Å²) >= 11 is 5.85. The van der Waals surface area contributed by atoms with Crippen molar-refractivity contribution in [2.45, 2.75) is 39.2 Å². The van der Waals surface area contributed by atoms with Crippen LogP contribution >= 0.6 is 11.6 Å². The summed E-state index contributed by atoms with van der Waals surface area (Å²) in [5.41, 5.74) is 2.29. The maximum atomic E-state index is 5.85. The Labute approximate surface area is 109 Å². The van der Waals surface area contributed by atoms with E-state index < -0.39 is 0 Å². The molecule has 0 saturated carbocycles. The minimum atomic E-state index is 0.250. The number of rotatable bonds is 7. The van der Waals surface area contributed by atoms with Gasteiger partial charge in [0.05, 0.1) is 16.8 Å². The molecule has 1 unspecified atom stereocenters. The van der Waals surface area contributed by atoms with Gasteiger partial charge in [-0.05, 0) is 37.9 Å². The first-order valence-electron chi connectivity index (χ1n) is 6.18. The van der Waals surface area contributed by atoms with E-state index in [0.717, 1.165) is 31.5 Å². The molecule has 0 aliphatic rings. The van der Waals surface area contributed by atoms with Crippen LogP contribution in [0.3, 0.4) is 0 Å². The molecule has 17 heavy (non-hydrogen) atoms. The van der Waals surface area contributed by atoms with Crippen LogP contribution in [0.25, 0.3) is 0 Å². The van der Waals surface area contributed by atoms with Gasteiger partial charge in [0.2, 0.25) is 0 Å². The van der Waals surface area contributed by atoms with Crippen molar-refractivity contribution < 1.29 is 0 Å². The SMILES string of the molecule is C=C(CC)CC(NCCC)c1ccc(Cl)cn1.